The number of carboxylic acid groups (broad SMARTS) is 1. The van der Waals surface area contributed by atoms with Crippen LogP contribution >= 0.6 is 22.6 Å². The molecule has 72 valence electrons. The molecule has 0 amide bonds. The maximum absolute atomic E-state index is 10.6. The molecule has 1 aromatic carbocycles. The number of para-hydroxylation sites is 1. The van der Waals surface area contributed by atoms with Crippen LogP contribution in [0.25, 0.3) is 11.0 Å². The highest BCUT2D eigenvalue weighted by Gasteiger charge is 2.10. The molecule has 1 N–H and O–H groups in total. The van der Waals surface area contributed by atoms with Gasteiger partial charge in [0.1, 0.15) is 5.58 Å². The zero-order chi connectivity index (χ0) is 10.1. The van der Waals surface area contributed by atoms with Crippen molar-refractivity contribution in [2.75, 3.05) is 0 Å². The minimum absolute atomic E-state index is 0.00704. The van der Waals surface area contributed by atoms with Crippen molar-refractivity contribution in [2.24, 2.45) is 0 Å². The number of aliphatic carboxylic acids is 1. The minimum atomic E-state index is -0.841. The monoisotopic (exact) mass is 302 g/mol. The fourth-order valence-electron chi connectivity index (χ4n) is 1.37. The first-order valence-electron chi connectivity index (χ1n) is 4.05. The molecule has 2 aromatic rings. The van der Waals surface area contributed by atoms with Crippen LogP contribution in [0.15, 0.2) is 28.9 Å². The molecule has 0 saturated heterocycles. The number of furan rings is 1. The maximum atomic E-state index is 10.6. The van der Waals surface area contributed by atoms with Crippen molar-refractivity contribution in [1.29, 1.82) is 0 Å². The van der Waals surface area contributed by atoms with Gasteiger partial charge in [-0.25, -0.2) is 0 Å². The van der Waals surface area contributed by atoms with Crippen molar-refractivity contribution in [3.8, 4) is 0 Å². The number of hydrogen-bond donors (Lipinski definition) is 1. The summed E-state index contributed by atoms with van der Waals surface area (Å²) in [6.45, 7) is 0. The van der Waals surface area contributed by atoms with Crippen molar-refractivity contribution in [3.63, 3.8) is 0 Å². The fraction of sp³-hybridized carbons (Fsp3) is 0.100. The van der Waals surface area contributed by atoms with Gasteiger partial charge < -0.3 is 9.52 Å². The van der Waals surface area contributed by atoms with Crippen LogP contribution in [0, 0.1) is 3.57 Å². The van der Waals surface area contributed by atoms with Gasteiger partial charge in [0, 0.05) is 10.9 Å². The predicted molar refractivity (Wildman–Crippen MR) is 60.3 cm³/mol. The van der Waals surface area contributed by atoms with Crippen LogP contribution in [0.1, 0.15) is 5.56 Å². The number of rotatable bonds is 2. The van der Waals surface area contributed by atoms with Crippen LogP contribution < -0.4 is 0 Å². The molecule has 0 spiro atoms. The summed E-state index contributed by atoms with van der Waals surface area (Å²) in [6.07, 6.45) is 1.52. The Bertz CT molecular complexity index is 487. The van der Waals surface area contributed by atoms with Crippen LogP contribution in [-0.4, -0.2) is 11.1 Å². The maximum Gasteiger partial charge on any atom is 0.307 e. The topological polar surface area (TPSA) is 50.4 Å². The Balaban J connectivity index is 2.58. The van der Waals surface area contributed by atoms with Gasteiger partial charge in [-0.3, -0.25) is 4.79 Å². The van der Waals surface area contributed by atoms with E-state index in [1.165, 1.54) is 6.26 Å². The Labute approximate surface area is 93.9 Å². The first-order valence-corrected chi connectivity index (χ1v) is 5.13. The number of halogens is 1. The number of benzene rings is 1. The number of carboxylic acids is 1. The molecule has 14 heavy (non-hydrogen) atoms. The Morgan fingerprint density at radius 2 is 2.29 bits per heavy atom. The minimum Gasteiger partial charge on any atom is -0.481 e. The van der Waals surface area contributed by atoms with Crippen molar-refractivity contribution in [1.82, 2.24) is 0 Å². The standard InChI is InChI=1S/C10H7IO3/c11-8-3-1-2-7-6(4-9(12)13)5-14-10(7)8/h1-3,5H,4H2,(H,12,13). The van der Waals surface area contributed by atoms with E-state index in [0.29, 0.717) is 0 Å². The summed E-state index contributed by atoms with van der Waals surface area (Å²) in [5.74, 6) is -0.841. The van der Waals surface area contributed by atoms with Crippen molar-refractivity contribution < 1.29 is 14.3 Å². The second-order valence-corrected chi connectivity index (χ2v) is 4.11. The van der Waals surface area contributed by atoms with Gasteiger partial charge in [-0.15, -0.1) is 0 Å². The molecule has 0 unspecified atom stereocenters. The van der Waals surface area contributed by atoms with E-state index in [4.69, 9.17) is 9.52 Å². The molecule has 1 aromatic heterocycles. The van der Waals surface area contributed by atoms with E-state index < -0.39 is 5.97 Å². The molecule has 0 aliphatic rings. The van der Waals surface area contributed by atoms with Gasteiger partial charge >= 0.3 is 5.97 Å². The smallest absolute Gasteiger partial charge is 0.307 e. The quantitative estimate of drug-likeness (QED) is 0.868. The predicted octanol–water partition coefficient (Wildman–Crippen LogP) is 2.66. The summed E-state index contributed by atoms with van der Waals surface area (Å²) in [7, 11) is 0. The van der Waals surface area contributed by atoms with Gasteiger partial charge in [-0.2, -0.15) is 0 Å². The summed E-state index contributed by atoms with van der Waals surface area (Å²) in [5, 5.41) is 9.56. The highest BCUT2D eigenvalue weighted by Crippen LogP contribution is 2.25. The molecule has 3 nitrogen and oxygen atoms in total. The van der Waals surface area contributed by atoms with Gasteiger partial charge in [0.05, 0.1) is 16.3 Å². The Morgan fingerprint density at radius 3 is 3.00 bits per heavy atom. The second-order valence-electron chi connectivity index (χ2n) is 2.95. The summed E-state index contributed by atoms with van der Waals surface area (Å²) in [4.78, 5) is 10.6. The highest BCUT2D eigenvalue weighted by molar-refractivity contribution is 14.1. The van der Waals surface area contributed by atoms with E-state index in [9.17, 15) is 4.79 Å². The van der Waals surface area contributed by atoms with Gasteiger partial charge in [0.2, 0.25) is 0 Å². The third kappa shape index (κ3) is 1.61. The van der Waals surface area contributed by atoms with Crippen LogP contribution in [0.3, 0.4) is 0 Å². The van der Waals surface area contributed by atoms with E-state index >= 15 is 0 Å². The SMILES string of the molecule is O=C(O)Cc1coc2c(I)cccc12. The molecule has 0 bridgehead atoms. The molecule has 2 rings (SSSR count). The molecule has 0 saturated carbocycles. The molecular weight excluding hydrogens is 295 g/mol. The zero-order valence-corrected chi connectivity index (χ0v) is 9.32. The molecule has 0 atom stereocenters. The van der Waals surface area contributed by atoms with Crippen LogP contribution in [0.2, 0.25) is 0 Å². The number of fused-ring (bicyclic) bond motifs is 1. The molecule has 0 radical (unpaired) electrons. The van der Waals surface area contributed by atoms with Gasteiger partial charge in [0.15, 0.2) is 0 Å². The number of hydrogen-bond acceptors (Lipinski definition) is 2. The molecule has 0 aliphatic heterocycles. The molecule has 1 heterocycles. The van der Waals surface area contributed by atoms with E-state index in [1.54, 1.807) is 0 Å². The average molecular weight is 302 g/mol. The van der Waals surface area contributed by atoms with Gasteiger partial charge in [0.25, 0.3) is 0 Å². The van der Waals surface area contributed by atoms with E-state index in [-0.39, 0.29) is 6.42 Å². The third-order valence-corrected chi connectivity index (χ3v) is 2.82. The van der Waals surface area contributed by atoms with Crippen LogP contribution in [0.5, 0.6) is 0 Å². The van der Waals surface area contributed by atoms with Crippen LogP contribution in [0.4, 0.5) is 0 Å². The summed E-state index contributed by atoms with van der Waals surface area (Å²) >= 11 is 2.16. The van der Waals surface area contributed by atoms with Gasteiger partial charge in [-0.1, -0.05) is 12.1 Å². The lowest BCUT2D eigenvalue weighted by Crippen LogP contribution is -1.98. The largest absolute Gasteiger partial charge is 0.481 e. The number of carbonyl (C=O) groups is 1. The Morgan fingerprint density at radius 1 is 1.50 bits per heavy atom. The normalized spacial score (nSPS) is 10.6. The van der Waals surface area contributed by atoms with Crippen molar-refractivity contribution in [2.45, 2.75) is 6.42 Å². The van der Waals surface area contributed by atoms with Crippen molar-refractivity contribution in [3.05, 3.63) is 33.6 Å². The highest BCUT2D eigenvalue weighted by atomic mass is 127. The second kappa shape index (κ2) is 3.61. The van der Waals surface area contributed by atoms with Gasteiger partial charge in [-0.05, 0) is 28.7 Å². The Kier molecular flexibility index (Phi) is 2.45. The zero-order valence-electron chi connectivity index (χ0n) is 7.16. The molecule has 0 aliphatic carbocycles. The Hall–Kier alpha value is -1.04. The first kappa shape index (κ1) is 9.51. The third-order valence-electron chi connectivity index (χ3n) is 1.97. The molecule has 0 fully saturated rings. The average Bonchev–Trinajstić information content (AvgIpc) is 2.49. The van der Waals surface area contributed by atoms with E-state index in [1.807, 2.05) is 18.2 Å². The van der Waals surface area contributed by atoms with Crippen LogP contribution in [-0.2, 0) is 11.2 Å². The lowest BCUT2D eigenvalue weighted by Gasteiger charge is -1.93. The van der Waals surface area contributed by atoms with Crippen molar-refractivity contribution >= 4 is 39.5 Å². The lowest BCUT2D eigenvalue weighted by atomic mass is 10.1. The summed E-state index contributed by atoms with van der Waals surface area (Å²) in [5.41, 5.74) is 1.50. The first-order chi connectivity index (χ1) is 6.68. The lowest BCUT2D eigenvalue weighted by molar-refractivity contribution is -0.136. The summed E-state index contributed by atoms with van der Waals surface area (Å²) < 4.78 is 6.31. The fourth-order valence-corrected chi connectivity index (χ4v) is 2.00. The summed E-state index contributed by atoms with van der Waals surface area (Å²) in [6, 6.07) is 5.70. The molecule has 4 heteroatoms. The molecular formula is C10H7IO3. The van der Waals surface area contributed by atoms with E-state index in [0.717, 1.165) is 20.1 Å². The van der Waals surface area contributed by atoms with E-state index in [2.05, 4.69) is 22.6 Å².